The molecule has 0 saturated heterocycles. The van der Waals surface area contributed by atoms with Crippen LogP contribution in [0, 0.1) is 5.82 Å². The van der Waals surface area contributed by atoms with Crippen LogP contribution in [0.3, 0.4) is 0 Å². The van der Waals surface area contributed by atoms with Crippen LogP contribution in [0.25, 0.3) is 0 Å². The Morgan fingerprint density at radius 3 is 2.40 bits per heavy atom. The number of nitrogen functional groups attached to an aromatic ring is 1. The van der Waals surface area contributed by atoms with Crippen molar-refractivity contribution in [3.63, 3.8) is 0 Å². The monoisotopic (exact) mass is 426 g/mol. The van der Waals surface area contributed by atoms with Gasteiger partial charge in [-0.05, 0) is 40.3 Å². The fourth-order valence-electron chi connectivity index (χ4n) is 3.03. The maximum Gasteiger partial charge on any atom is 0.141 e. The predicted molar refractivity (Wildman–Crippen MR) is 118 cm³/mol. The number of halogens is 2. The van der Waals surface area contributed by atoms with Crippen molar-refractivity contribution >= 4 is 23.2 Å². The molecule has 3 aromatic rings. The van der Waals surface area contributed by atoms with Crippen LogP contribution in [-0.4, -0.2) is 10.8 Å². The Kier molecular flexibility index (Phi) is 6.42. The van der Waals surface area contributed by atoms with Gasteiger partial charge in [-0.25, -0.2) is 9.37 Å². The van der Waals surface area contributed by atoms with Gasteiger partial charge in [0.25, 0.3) is 0 Å². The number of hydrogen-bond acceptors (Lipinski definition) is 4. The van der Waals surface area contributed by atoms with Crippen molar-refractivity contribution < 1.29 is 13.9 Å². The third kappa shape index (κ3) is 5.57. The maximum atomic E-state index is 14.5. The van der Waals surface area contributed by atoms with Crippen LogP contribution in [0.4, 0.5) is 10.2 Å². The molecule has 4 nitrogen and oxygen atoms in total. The van der Waals surface area contributed by atoms with E-state index in [1.54, 1.807) is 24.3 Å². The zero-order valence-corrected chi connectivity index (χ0v) is 18.0. The van der Waals surface area contributed by atoms with E-state index < -0.39 is 5.82 Å². The van der Waals surface area contributed by atoms with Gasteiger partial charge in [0.15, 0.2) is 0 Å². The Morgan fingerprint density at radius 2 is 1.73 bits per heavy atom. The second-order valence-electron chi connectivity index (χ2n) is 8.22. The molecule has 0 amide bonds. The summed E-state index contributed by atoms with van der Waals surface area (Å²) in [6, 6.07) is 13.3. The predicted octanol–water partition coefficient (Wildman–Crippen LogP) is 5.90. The summed E-state index contributed by atoms with van der Waals surface area (Å²) in [5.74, 6) is 0.466. The van der Waals surface area contributed by atoms with E-state index >= 15 is 0 Å². The minimum absolute atomic E-state index is 0.0234. The van der Waals surface area contributed by atoms with E-state index in [1.165, 1.54) is 12.3 Å². The number of ether oxygens (including phenoxy) is 1. The number of nitrogens with two attached hydrogens (primary N) is 1. The van der Waals surface area contributed by atoms with E-state index in [9.17, 15) is 9.18 Å². The molecule has 0 saturated carbocycles. The highest BCUT2D eigenvalue weighted by Crippen LogP contribution is 2.28. The standard InChI is InChI=1S/C24H24ClFN2O2/c1-24(2,3)17-5-7-21(25)16(10-17)12-18(29)11-15-4-6-19(13-22(15)26)30-20-8-9-28-23(27)14-20/h4-10,13-14H,11-12H2,1-3H3,(H2,27,28). The number of pyridine rings is 1. The van der Waals surface area contributed by atoms with Gasteiger partial charge in [0, 0.05) is 36.2 Å². The summed E-state index contributed by atoms with van der Waals surface area (Å²) in [7, 11) is 0. The number of nitrogens with zero attached hydrogens (tertiary/aromatic N) is 1. The van der Waals surface area contributed by atoms with Gasteiger partial charge in [-0.2, -0.15) is 0 Å². The van der Waals surface area contributed by atoms with E-state index in [2.05, 4.69) is 25.8 Å². The van der Waals surface area contributed by atoms with Gasteiger partial charge in [-0.15, -0.1) is 0 Å². The van der Waals surface area contributed by atoms with Gasteiger partial charge in [-0.1, -0.05) is 50.6 Å². The Bertz CT molecular complexity index is 1080. The lowest BCUT2D eigenvalue weighted by atomic mass is 9.85. The van der Waals surface area contributed by atoms with Gasteiger partial charge >= 0.3 is 0 Å². The molecule has 1 aromatic heterocycles. The number of rotatable bonds is 6. The molecular formula is C24H24ClFN2O2. The quantitative estimate of drug-likeness (QED) is 0.532. The molecule has 0 fully saturated rings. The summed E-state index contributed by atoms with van der Waals surface area (Å²) >= 11 is 6.28. The summed E-state index contributed by atoms with van der Waals surface area (Å²) in [4.78, 5) is 16.5. The molecule has 156 valence electrons. The van der Waals surface area contributed by atoms with Crippen LogP contribution in [0.2, 0.25) is 5.02 Å². The number of carbonyl (C=O) groups excluding carboxylic acids is 1. The van der Waals surface area contributed by atoms with Gasteiger partial charge in [0.05, 0.1) is 0 Å². The molecule has 30 heavy (non-hydrogen) atoms. The summed E-state index contributed by atoms with van der Waals surface area (Å²) < 4.78 is 20.1. The zero-order chi connectivity index (χ0) is 21.9. The number of Topliss-reactive ketones (excluding diaryl/α,β-unsaturated/α-hetero) is 1. The molecule has 0 radical (unpaired) electrons. The van der Waals surface area contributed by atoms with Crippen molar-refractivity contribution in [3.8, 4) is 11.5 Å². The molecule has 2 aromatic carbocycles. The van der Waals surface area contributed by atoms with Crippen LogP contribution >= 0.6 is 11.6 Å². The normalized spacial score (nSPS) is 11.4. The van der Waals surface area contributed by atoms with Gasteiger partial charge in [0.1, 0.15) is 28.9 Å². The highest BCUT2D eigenvalue weighted by molar-refractivity contribution is 6.31. The number of carbonyl (C=O) groups is 1. The van der Waals surface area contributed by atoms with Crippen molar-refractivity contribution in [1.82, 2.24) is 4.98 Å². The van der Waals surface area contributed by atoms with Crippen LogP contribution in [-0.2, 0) is 23.1 Å². The molecule has 0 spiro atoms. The molecule has 0 aliphatic heterocycles. The minimum atomic E-state index is -0.502. The topological polar surface area (TPSA) is 65.2 Å². The van der Waals surface area contributed by atoms with Gasteiger partial charge in [0.2, 0.25) is 0 Å². The number of ketones is 1. The van der Waals surface area contributed by atoms with Crippen molar-refractivity contribution in [3.05, 3.63) is 82.3 Å². The highest BCUT2D eigenvalue weighted by atomic mass is 35.5. The van der Waals surface area contributed by atoms with Crippen molar-refractivity contribution in [2.45, 2.75) is 39.0 Å². The molecule has 0 aliphatic rings. The lowest BCUT2D eigenvalue weighted by molar-refractivity contribution is -0.117. The minimum Gasteiger partial charge on any atom is -0.457 e. The second-order valence-corrected chi connectivity index (χ2v) is 8.63. The molecule has 0 unspecified atom stereocenters. The number of benzene rings is 2. The molecule has 3 rings (SSSR count). The Morgan fingerprint density at radius 1 is 1.03 bits per heavy atom. The summed E-state index contributed by atoms with van der Waals surface area (Å²) in [6.45, 7) is 6.30. The number of hydrogen-bond donors (Lipinski definition) is 1. The Balaban J connectivity index is 1.70. The molecule has 0 aliphatic carbocycles. The summed E-state index contributed by atoms with van der Waals surface area (Å²) in [5.41, 5.74) is 7.72. The van der Waals surface area contributed by atoms with Crippen LogP contribution in [0.5, 0.6) is 11.5 Å². The van der Waals surface area contributed by atoms with Crippen LogP contribution < -0.4 is 10.5 Å². The largest absolute Gasteiger partial charge is 0.457 e. The van der Waals surface area contributed by atoms with Crippen molar-refractivity contribution in [1.29, 1.82) is 0 Å². The van der Waals surface area contributed by atoms with Crippen LogP contribution in [0.1, 0.15) is 37.5 Å². The van der Waals surface area contributed by atoms with Crippen LogP contribution in [0.15, 0.2) is 54.7 Å². The van der Waals surface area contributed by atoms with E-state index in [0.717, 1.165) is 11.1 Å². The molecule has 0 bridgehead atoms. The van der Waals surface area contributed by atoms with E-state index in [-0.39, 0.29) is 24.0 Å². The first kappa shape index (κ1) is 21.8. The van der Waals surface area contributed by atoms with Gasteiger partial charge < -0.3 is 10.5 Å². The van der Waals surface area contributed by atoms with E-state index in [0.29, 0.717) is 27.9 Å². The Hall–Kier alpha value is -2.92. The third-order valence-electron chi connectivity index (χ3n) is 4.70. The van der Waals surface area contributed by atoms with Gasteiger partial charge in [-0.3, -0.25) is 4.79 Å². The SMILES string of the molecule is CC(C)(C)c1ccc(Cl)c(CC(=O)Cc2ccc(Oc3ccnc(N)c3)cc2F)c1. The number of anilines is 1. The first-order valence-electron chi connectivity index (χ1n) is 9.60. The molecule has 2 N–H and O–H groups in total. The first-order valence-corrected chi connectivity index (χ1v) is 9.98. The van der Waals surface area contributed by atoms with Crippen molar-refractivity contribution in [2.75, 3.05) is 5.73 Å². The van der Waals surface area contributed by atoms with E-state index in [4.69, 9.17) is 22.1 Å². The summed E-state index contributed by atoms with van der Waals surface area (Å²) in [6.07, 6.45) is 1.63. The first-order chi connectivity index (χ1) is 14.1. The average Bonchev–Trinajstić information content (AvgIpc) is 2.65. The van der Waals surface area contributed by atoms with E-state index in [1.807, 2.05) is 18.2 Å². The highest BCUT2D eigenvalue weighted by Gasteiger charge is 2.17. The molecular weight excluding hydrogens is 403 g/mol. The fraction of sp³-hybridized carbons (Fsp3) is 0.250. The molecule has 6 heteroatoms. The lowest BCUT2D eigenvalue weighted by Gasteiger charge is -2.20. The van der Waals surface area contributed by atoms with Crippen molar-refractivity contribution in [2.24, 2.45) is 0 Å². The second kappa shape index (κ2) is 8.84. The third-order valence-corrected chi connectivity index (χ3v) is 5.07. The summed E-state index contributed by atoms with van der Waals surface area (Å²) in [5, 5.41) is 0.539. The lowest BCUT2D eigenvalue weighted by Crippen LogP contribution is -2.13. The number of aromatic nitrogens is 1. The molecule has 1 heterocycles. The molecule has 0 atom stereocenters. The fourth-order valence-corrected chi connectivity index (χ4v) is 3.21. The maximum absolute atomic E-state index is 14.5. The smallest absolute Gasteiger partial charge is 0.141 e. The Labute approximate surface area is 180 Å². The zero-order valence-electron chi connectivity index (χ0n) is 17.2. The average molecular weight is 427 g/mol.